The number of hydrogen-bond donors (Lipinski definition) is 8. The Morgan fingerprint density at radius 3 is 2.46 bits per heavy atom. The zero-order valence-electron chi connectivity index (χ0n) is 27.7. The first kappa shape index (κ1) is 37.1. The first-order chi connectivity index (χ1) is 23.8. The molecular formula is C34H43FN10O5. The van der Waals surface area contributed by atoms with Crippen molar-refractivity contribution in [2.75, 3.05) is 19.6 Å². The second-order valence-electron chi connectivity index (χ2n) is 12.1. The summed E-state index contributed by atoms with van der Waals surface area (Å²) in [4.78, 5) is 73.4. The number of halogens is 1. The van der Waals surface area contributed by atoms with E-state index in [0.29, 0.717) is 12.0 Å². The van der Waals surface area contributed by atoms with Gasteiger partial charge in [0.05, 0.1) is 12.6 Å². The minimum atomic E-state index is -1.13. The Balaban J connectivity index is 1.37. The molecule has 0 saturated carbocycles. The van der Waals surface area contributed by atoms with E-state index in [1.165, 1.54) is 35.2 Å². The van der Waals surface area contributed by atoms with Crippen LogP contribution in [0.3, 0.4) is 0 Å². The number of aromatic amines is 1. The smallest absolute Gasteiger partial charge is 0.247 e. The SMILES string of the molecule is Cc1ccc2c(C[C@H](NC(=O)CNC(=O)[C@H](CCCN=C(N)N)NC(=O)[C@@H]3C=CCN3C(=O)[C@@H](N)Cc3ccc(F)cc3)C(N)=O)c[nH]c2c1. The molecule has 3 aromatic rings. The van der Waals surface area contributed by atoms with Crippen molar-refractivity contribution < 1.29 is 28.4 Å². The Kier molecular flexibility index (Phi) is 12.6. The Bertz CT molecular complexity index is 1770. The van der Waals surface area contributed by atoms with Gasteiger partial charge in [-0.05, 0) is 61.1 Å². The lowest BCUT2D eigenvalue weighted by molar-refractivity contribution is -0.139. The molecule has 0 aliphatic carbocycles. The number of primary amides is 1. The average molecular weight is 691 g/mol. The fraction of sp³-hybridized carbons (Fsp3) is 0.353. The van der Waals surface area contributed by atoms with Crippen molar-refractivity contribution >= 4 is 46.4 Å². The Morgan fingerprint density at radius 1 is 1.02 bits per heavy atom. The van der Waals surface area contributed by atoms with Crippen LogP contribution in [0, 0.1) is 12.7 Å². The number of nitrogens with zero attached hydrogens (tertiary/aromatic N) is 2. The molecule has 0 bridgehead atoms. The van der Waals surface area contributed by atoms with Crippen molar-refractivity contribution in [3.8, 4) is 0 Å². The van der Waals surface area contributed by atoms with Gasteiger partial charge in [-0.1, -0.05) is 36.4 Å². The molecule has 2 aromatic carbocycles. The van der Waals surface area contributed by atoms with Gasteiger partial charge in [-0.15, -0.1) is 0 Å². The normalized spacial score (nSPS) is 15.6. The largest absolute Gasteiger partial charge is 0.370 e. The van der Waals surface area contributed by atoms with Gasteiger partial charge >= 0.3 is 0 Å². The molecule has 5 amide bonds. The van der Waals surface area contributed by atoms with Crippen LogP contribution in [0.2, 0.25) is 0 Å². The third-order valence-corrected chi connectivity index (χ3v) is 8.22. The Hall–Kier alpha value is -5.77. The summed E-state index contributed by atoms with van der Waals surface area (Å²) in [5.74, 6) is -3.81. The zero-order chi connectivity index (χ0) is 36.4. The highest BCUT2D eigenvalue weighted by Crippen LogP contribution is 2.21. The molecule has 4 rings (SSSR count). The summed E-state index contributed by atoms with van der Waals surface area (Å²) in [5.41, 5.74) is 25.9. The highest BCUT2D eigenvalue weighted by molar-refractivity contribution is 5.96. The molecule has 0 saturated heterocycles. The fourth-order valence-corrected chi connectivity index (χ4v) is 5.63. The standard InChI is InChI=1S/C34H43FN10O5/c1-19-6-11-23-21(17-41-26(23)14-19)16-27(30(37)47)43-29(46)18-42-31(48)25(4-2-12-40-34(38)39)44-32(49)28-5-3-13-45(28)33(50)24(36)15-20-7-9-22(35)10-8-20/h3,5-11,14,17,24-25,27-28,41H,2,4,12-13,15-16,18,36H2,1H3,(H2,37,47)(H,42,48)(H,43,46)(H,44,49)(H4,38,39,40)/t24-,25-,27-,28-/m0/s1. The number of carbonyl (C=O) groups excluding carboxylic acids is 5. The maximum atomic E-state index is 13.4. The first-order valence-electron chi connectivity index (χ1n) is 16.1. The quantitative estimate of drug-likeness (QED) is 0.0404. The van der Waals surface area contributed by atoms with E-state index in [4.69, 9.17) is 22.9 Å². The van der Waals surface area contributed by atoms with Gasteiger partial charge in [0, 0.05) is 36.6 Å². The molecule has 1 aliphatic heterocycles. The monoisotopic (exact) mass is 690 g/mol. The second kappa shape index (κ2) is 17.1. The van der Waals surface area contributed by atoms with Crippen molar-refractivity contribution in [3.05, 3.63) is 83.3 Å². The second-order valence-corrected chi connectivity index (χ2v) is 12.1. The topological polar surface area (TPSA) is 257 Å². The summed E-state index contributed by atoms with van der Waals surface area (Å²) in [7, 11) is 0. The number of carbonyl (C=O) groups is 5. The van der Waals surface area contributed by atoms with Crippen molar-refractivity contribution in [2.24, 2.45) is 27.9 Å². The lowest BCUT2D eigenvalue weighted by Crippen LogP contribution is -2.56. The van der Waals surface area contributed by atoms with Gasteiger partial charge in [-0.2, -0.15) is 0 Å². The first-order valence-corrected chi connectivity index (χ1v) is 16.1. The third-order valence-electron chi connectivity index (χ3n) is 8.22. The van der Waals surface area contributed by atoms with E-state index in [1.807, 2.05) is 25.1 Å². The maximum absolute atomic E-state index is 13.4. The summed E-state index contributed by atoms with van der Waals surface area (Å²) >= 11 is 0. The van der Waals surface area contributed by atoms with Crippen molar-refractivity contribution in [3.63, 3.8) is 0 Å². The molecular weight excluding hydrogens is 647 g/mol. The van der Waals surface area contributed by atoms with Crippen LogP contribution in [0.25, 0.3) is 10.9 Å². The van der Waals surface area contributed by atoms with Gasteiger partial charge < -0.3 is 48.8 Å². The fourth-order valence-electron chi connectivity index (χ4n) is 5.63. The number of nitrogens with one attached hydrogen (secondary N) is 4. The summed E-state index contributed by atoms with van der Waals surface area (Å²) in [5, 5.41) is 8.61. The van der Waals surface area contributed by atoms with Crippen molar-refractivity contribution in [1.29, 1.82) is 0 Å². The number of fused-ring (bicyclic) bond motifs is 1. The number of guanidine groups is 1. The maximum Gasteiger partial charge on any atom is 0.247 e. The zero-order valence-corrected chi connectivity index (χ0v) is 27.7. The summed E-state index contributed by atoms with van der Waals surface area (Å²) in [6, 6.07) is 7.15. The van der Waals surface area contributed by atoms with Gasteiger partial charge in [-0.3, -0.25) is 29.0 Å². The number of rotatable bonds is 16. The van der Waals surface area contributed by atoms with E-state index in [0.717, 1.165) is 22.0 Å². The van der Waals surface area contributed by atoms with Crippen LogP contribution in [-0.4, -0.2) is 89.2 Å². The van der Waals surface area contributed by atoms with Gasteiger partial charge in [0.2, 0.25) is 29.5 Å². The molecule has 1 aliphatic rings. The highest BCUT2D eigenvalue weighted by Gasteiger charge is 2.35. The molecule has 15 nitrogen and oxygen atoms in total. The van der Waals surface area contributed by atoms with Crippen LogP contribution in [0.5, 0.6) is 0 Å². The molecule has 50 heavy (non-hydrogen) atoms. The van der Waals surface area contributed by atoms with E-state index in [2.05, 4.69) is 25.9 Å². The minimum absolute atomic E-state index is 0.0916. The molecule has 2 heterocycles. The van der Waals surface area contributed by atoms with Crippen LogP contribution < -0.4 is 38.9 Å². The molecule has 4 atom stereocenters. The van der Waals surface area contributed by atoms with E-state index < -0.39 is 66.1 Å². The van der Waals surface area contributed by atoms with E-state index in [1.54, 1.807) is 12.3 Å². The van der Waals surface area contributed by atoms with Crippen LogP contribution in [0.1, 0.15) is 29.5 Å². The number of benzene rings is 2. The van der Waals surface area contributed by atoms with Crippen molar-refractivity contribution in [1.82, 2.24) is 25.8 Å². The molecule has 0 unspecified atom stereocenters. The van der Waals surface area contributed by atoms with Crippen LogP contribution in [0.4, 0.5) is 4.39 Å². The lowest BCUT2D eigenvalue weighted by Gasteiger charge is -2.28. The number of aliphatic imine (C=N–C) groups is 1. The summed E-state index contributed by atoms with van der Waals surface area (Å²) in [6.07, 6.45) is 5.54. The Labute approximate surface area is 288 Å². The number of nitrogens with two attached hydrogens (primary N) is 4. The van der Waals surface area contributed by atoms with E-state index in [9.17, 15) is 28.4 Å². The predicted octanol–water partition coefficient (Wildman–Crippen LogP) is -0.880. The molecule has 0 fully saturated rings. The third kappa shape index (κ3) is 10.1. The van der Waals surface area contributed by atoms with Gasteiger partial charge in [-0.25, -0.2) is 4.39 Å². The average Bonchev–Trinajstić information content (AvgIpc) is 3.72. The summed E-state index contributed by atoms with van der Waals surface area (Å²) in [6.45, 7) is 1.73. The van der Waals surface area contributed by atoms with Crippen LogP contribution >= 0.6 is 0 Å². The minimum Gasteiger partial charge on any atom is -0.370 e. The Morgan fingerprint density at radius 2 is 1.76 bits per heavy atom. The van der Waals surface area contributed by atoms with Crippen LogP contribution in [-0.2, 0) is 36.8 Å². The molecule has 0 radical (unpaired) electrons. The summed E-state index contributed by atoms with van der Waals surface area (Å²) < 4.78 is 13.3. The van der Waals surface area contributed by atoms with E-state index in [-0.39, 0.29) is 38.3 Å². The molecule has 16 heteroatoms. The number of hydrogen-bond acceptors (Lipinski definition) is 7. The van der Waals surface area contributed by atoms with Gasteiger partial charge in [0.15, 0.2) is 5.96 Å². The number of amides is 5. The number of H-pyrrole nitrogens is 1. The van der Waals surface area contributed by atoms with E-state index >= 15 is 0 Å². The highest BCUT2D eigenvalue weighted by atomic mass is 19.1. The number of aromatic nitrogens is 1. The van der Waals surface area contributed by atoms with Gasteiger partial charge in [0.25, 0.3) is 0 Å². The molecule has 0 spiro atoms. The molecule has 1 aromatic heterocycles. The van der Waals surface area contributed by atoms with Crippen molar-refractivity contribution in [2.45, 2.75) is 56.8 Å². The van der Waals surface area contributed by atoms with Gasteiger partial charge in [0.1, 0.15) is 23.9 Å². The molecule has 266 valence electrons. The number of aryl methyl sites for hydroxylation is 1. The lowest BCUT2D eigenvalue weighted by atomic mass is 10.0. The predicted molar refractivity (Wildman–Crippen MR) is 185 cm³/mol. The van der Waals surface area contributed by atoms with Crippen LogP contribution in [0.15, 0.2) is 65.8 Å². The molecule has 12 N–H and O–H groups in total.